The minimum atomic E-state index is -3.56. The van der Waals surface area contributed by atoms with Crippen molar-refractivity contribution in [2.75, 3.05) is 13.1 Å². The molecule has 0 aromatic heterocycles. The van der Waals surface area contributed by atoms with Crippen LogP contribution in [-0.2, 0) is 14.8 Å². The summed E-state index contributed by atoms with van der Waals surface area (Å²) >= 11 is 6.54. The van der Waals surface area contributed by atoms with Crippen molar-refractivity contribution in [2.24, 2.45) is 11.7 Å². The van der Waals surface area contributed by atoms with Crippen molar-refractivity contribution in [1.29, 1.82) is 0 Å². The highest BCUT2D eigenvalue weighted by Gasteiger charge is 2.32. The fourth-order valence-corrected chi connectivity index (χ4v) is 5.13. The second kappa shape index (κ2) is 6.13. The van der Waals surface area contributed by atoms with E-state index in [1.165, 1.54) is 4.31 Å². The van der Waals surface area contributed by atoms with Crippen molar-refractivity contribution in [1.82, 2.24) is 4.31 Å². The van der Waals surface area contributed by atoms with Gasteiger partial charge in [-0.15, -0.1) is 0 Å². The summed E-state index contributed by atoms with van der Waals surface area (Å²) in [7, 11) is -3.56. The first kappa shape index (κ1) is 15.9. The first-order valence-electron chi connectivity index (χ1n) is 6.07. The van der Waals surface area contributed by atoms with Crippen molar-refractivity contribution >= 4 is 47.8 Å². The van der Waals surface area contributed by atoms with Crippen molar-refractivity contribution in [3.63, 3.8) is 0 Å². The fourth-order valence-electron chi connectivity index (χ4n) is 2.19. The Kier molecular flexibility index (Phi) is 4.88. The van der Waals surface area contributed by atoms with E-state index in [4.69, 9.17) is 5.73 Å². The number of nitrogens with zero attached hydrogens (tertiary/aromatic N) is 1. The van der Waals surface area contributed by atoms with Crippen LogP contribution < -0.4 is 5.73 Å². The molecule has 8 heteroatoms. The molecule has 2 rings (SSSR count). The van der Waals surface area contributed by atoms with E-state index in [1.54, 1.807) is 18.2 Å². The van der Waals surface area contributed by atoms with E-state index < -0.39 is 10.0 Å². The minimum absolute atomic E-state index is 0.226. The molecule has 0 bridgehead atoms. The van der Waals surface area contributed by atoms with Gasteiger partial charge in [0.05, 0.1) is 4.90 Å². The number of piperidine rings is 1. The molecular formula is C12H14Br2N2O3S. The Bertz CT molecular complexity index is 626. The Labute approximate surface area is 134 Å². The Morgan fingerprint density at radius 1 is 1.25 bits per heavy atom. The third-order valence-electron chi connectivity index (χ3n) is 3.37. The average molecular weight is 426 g/mol. The molecule has 0 aliphatic carbocycles. The number of hydrogen-bond donors (Lipinski definition) is 1. The van der Waals surface area contributed by atoms with Crippen LogP contribution in [0.4, 0.5) is 0 Å². The highest BCUT2D eigenvalue weighted by Crippen LogP contribution is 2.30. The lowest BCUT2D eigenvalue weighted by molar-refractivity contribution is -0.122. The van der Waals surface area contributed by atoms with E-state index in [1.807, 2.05) is 0 Å². The Hall–Kier alpha value is -0.440. The number of amides is 1. The summed E-state index contributed by atoms with van der Waals surface area (Å²) in [5, 5.41) is 0. The lowest BCUT2D eigenvalue weighted by Gasteiger charge is -2.30. The summed E-state index contributed by atoms with van der Waals surface area (Å²) in [6, 6.07) is 5.02. The summed E-state index contributed by atoms with van der Waals surface area (Å²) in [6.45, 7) is 0.629. The molecule has 1 saturated heterocycles. The molecule has 1 heterocycles. The van der Waals surface area contributed by atoms with Gasteiger partial charge in [-0.25, -0.2) is 8.42 Å². The molecule has 0 spiro atoms. The second-order valence-corrected chi connectivity index (χ2v) is 8.33. The van der Waals surface area contributed by atoms with Gasteiger partial charge in [0.15, 0.2) is 0 Å². The number of halogens is 2. The monoisotopic (exact) mass is 424 g/mol. The quantitative estimate of drug-likeness (QED) is 0.804. The van der Waals surface area contributed by atoms with E-state index in [0.29, 0.717) is 34.9 Å². The number of rotatable bonds is 3. The predicted octanol–water partition coefficient (Wildman–Crippen LogP) is 2.10. The number of sulfonamides is 1. The van der Waals surface area contributed by atoms with Crippen LogP contribution in [0.1, 0.15) is 12.8 Å². The minimum Gasteiger partial charge on any atom is -0.369 e. The standard InChI is InChI=1S/C12H14Br2N2O3S/c13-9-1-2-10(14)11(7-9)20(18,19)16-5-3-8(4-6-16)12(15)17/h1-2,7-8H,3-6H2,(H2,15,17). The molecule has 5 nitrogen and oxygen atoms in total. The van der Waals surface area contributed by atoms with Gasteiger partial charge in [0.2, 0.25) is 15.9 Å². The van der Waals surface area contributed by atoms with Gasteiger partial charge in [-0.2, -0.15) is 4.31 Å². The van der Waals surface area contributed by atoms with Crippen LogP contribution in [0.2, 0.25) is 0 Å². The Balaban J connectivity index is 2.24. The molecule has 1 aliphatic rings. The smallest absolute Gasteiger partial charge is 0.244 e. The van der Waals surface area contributed by atoms with Crippen LogP contribution in [-0.4, -0.2) is 31.7 Å². The summed E-state index contributed by atoms with van der Waals surface area (Å²) < 4.78 is 27.8. The molecule has 0 atom stereocenters. The first-order chi connectivity index (χ1) is 9.32. The number of hydrogen-bond acceptors (Lipinski definition) is 3. The number of benzene rings is 1. The molecule has 2 N–H and O–H groups in total. The SMILES string of the molecule is NC(=O)C1CCN(S(=O)(=O)c2cc(Br)ccc2Br)CC1. The lowest BCUT2D eigenvalue weighted by atomic mass is 9.98. The molecule has 1 aliphatic heterocycles. The number of carbonyl (C=O) groups is 1. The lowest BCUT2D eigenvalue weighted by Crippen LogP contribution is -2.41. The maximum atomic E-state index is 12.6. The first-order valence-corrected chi connectivity index (χ1v) is 9.09. The van der Waals surface area contributed by atoms with Crippen molar-refractivity contribution in [3.05, 3.63) is 27.1 Å². The third kappa shape index (κ3) is 3.24. The second-order valence-electron chi connectivity index (χ2n) is 4.66. The van der Waals surface area contributed by atoms with E-state index in [2.05, 4.69) is 31.9 Å². The van der Waals surface area contributed by atoms with Gasteiger partial charge in [-0.05, 0) is 47.0 Å². The molecule has 0 unspecified atom stereocenters. The Morgan fingerprint density at radius 3 is 2.40 bits per heavy atom. The highest BCUT2D eigenvalue weighted by molar-refractivity contribution is 9.11. The molecule has 1 amide bonds. The van der Waals surface area contributed by atoms with Gasteiger partial charge in [-0.1, -0.05) is 15.9 Å². The molecule has 20 heavy (non-hydrogen) atoms. The average Bonchev–Trinajstić information content (AvgIpc) is 2.41. The van der Waals surface area contributed by atoms with E-state index in [-0.39, 0.29) is 16.7 Å². The van der Waals surface area contributed by atoms with Gasteiger partial charge in [0.25, 0.3) is 0 Å². The van der Waals surface area contributed by atoms with Crippen LogP contribution in [0.5, 0.6) is 0 Å². The molecule has 1 fully saturated rings. The molecule has 1 aromatic rings. The summed E-state index contributed by atoms with van der Waals surface area (Å²) in [5.74, 6) is -0.585. The Morgan fingerprint density at radius 2 is 1.85 bits per heavy atom. The summed E-state index contributed by atoms with van der Waals surface area (Å²) in [6.07, 6.45) is 0.945. The van der Waals surface area contributed by atoms with Crippen molar-refractivity contribution in [3.8, 4) is 0 Å². The van der Waals surface area contributed by atoms with Gasteiger partial charge in [-0.3, -0.25) is 4.79 Å². The van der Waals surface area contributed by atoms with Crippen LogP contribution in [0.3, 0.4) is 0 Å². The van der Waals surface area contributed by atoms with E-state index in [9.17, 15) is 13.2 Å². The maximum Gasteiger partial charge on any atom is 0.244 e. The van der Waals surface area contributed by atoms with E-state index in [0.717, 1.165) is 0 Å². The summed E-state index contributed by atoms with van der Waals surface area (Å²) in [4.78, 5) is 11.3. The fraction of sp³-hybridized carbons (Fsp3) is 0.417. The molecule has 0 saturated carbocycles. The third-order valence-corrected chi connectivity index (χ3v) is 6.75. The predicted molar refractivity (Wildman–Crippen MR) is 82.5 cm³/mol. The van der Waals surface area contributed by atoms with Crippen LogP contribution in [0.25, 0.3) is 0 Å². The number of primary amides is 1. The highest BCUT2D eigenvalue weighted by atomic mass is 79.9. The molecular weight excluding hydrogens is 412 g/mol. The van der Waals surface area contributed by atoms with Gasteiger partial charge < -0.3 is 5.73 Å². The largest absolute Gasteiger partial charge is 0.369 e. The van der Waals surface area contributed by atoms with E-state index >= 15 is 0 Å². The zero-order chi connectivity index (χ0) is 14.9. The molecule has 0 radical (unpaired) electrons. The molecule has 1 aromatic carbocycles. The van der Waals surface area contributed by atoms with Crippen LogP contribution >= 0.6 is 31.9 Å². The maximum absolute atomic E-state index is 12.6. The zero-order valence-corrected chi connectivity index (χ0v) is 14.5. The van der Waals surface area contributed by atoms with Gasteiger partial charge >= 0.3 is 0 Å². The molecule has 110 valence electrons. The number of nitrogens with two attached hydrogens (primary N) is 1. The van der Waals surface area contributed by atoms with Crippen molar-refractivity contribution in [2.45, 2.75) is 17.7 Å². The summed E-state index contributed by atoms with van der Waals surface area (Å²) in [5.41, 5.74) is 5.26. The van der Waals surface area contributed by atoms with Crippen LogP contribution in [0, 0.1) is 5.92 Å². The zero-order valence-electron chi connectivity index (χ0n) is 10.6. The normalized spacial score (nSPS) is 18.1. The number of carbonyl (C=O) groups excluding carboxylic acids is 1. The van der Waals surface area contributed by atoms with Gasteiger partial charge in [0, 0.05) is 28.0 Å². The van der Waals surface area contributed by atoms with Crippen molar-refractivity contribution < 1.29 is 13.2 Å². The van der Waals surface area contributed by atoms with Crippen LogP contribution in [0.15, 0.2) is 32.0 Å². The topological polar surface area (TPSA) is 80.5 Å². The van der Waals surface area contributed by atoms with Gasteiger partial charge in [0.1, 0.15) is 0 Å².